The topological polar surface area (TPSA) is 151 Å². The minimum Gasteiger partial charge on any atom is -0.474 e. The molecule has 2 N–H and O–H groups in total. The third kappa shape index (κ3) is 5.12. The van der Waals surface area contributed by atoms with Gasteiger partial charge in [0.1, 0.15) is 12.3 Å². The summed E-state index contributed by atoms with van der Waals surface area (Å²) >= 11 is 0. The number of hydrogen-bond acceptors (Lipinski definition) is 10. The van der Waals surface area contributed by atoms with Crippen LogP contribution in [-0.4, -0.2) is 65.5 Å². The van der Waals surface area contributed by atoms with Crippen molar-refractivity contribution >= 4 is 38.9 Å². The molecular formula is C24H27N7O5S. The van der Waals surface area contributed by atoms with Crippen LogP contribution in [0.3, 0.4) is 0 Å². The molecule has 13 heteroatoms. The van der Waals surface area contributed by atoms with Crippen LogP contribution in [0.4, 0.5) is 27.8 Å². The van der Waals surface area contributed by atoms with E-state index in [1.165, 1.54) is 11.2 Å². The normalized spacial score (nSPS) is 15.0. The van der Waals surface area contributed by atoms with E-state index in [1.54, 1.807) is 18.6 Å². The number of pyridine rings is 2. The molecule has 0 aromatic carbocycles. The third-order valence-electron chi connectivity index (χ3n) is 6.43. The van der Waals surface area contributed by atoms with Crippen molar-refractivity contribution in [2.75, 3.05) is 41.1 Å². The van der Waals surface area contributed by atoms with Crippen LogP contribution in [0, 0.1) is 13.8 Å². The lowest BCUT2D eigenvalue weighted by atomic mass is 10.0. The van der Waals surface area contributed by atoms with Gasteiger partial charge in [-0.05, 0) is 37.5 Å². The van der Waals surface area contributed by atoms with Crippen LogP contribution in [0.1, 0.15) is 28.1 Å². The van der Waals surface area contributed by atoms with E-state index < -0.39 is 15.9 Å². The zero-order valence-electron chi connectivity index (χ0n) is 20.7. The minimum absolute atomic E-state index is 0.113. The fourth-order valence-electron chi connectivity index (χ4n) is 4.61. The van der Waals surface area contributed by atoms with Crippen LogP contribution in [0.15, 0.2) is 24.7 Å². The maximum Gasteiger partial charge on any atom is 0.412 e. The van der Waals surface area contributed by atoms with E-state index in [0.29, 0.717) is 42.0 Å². The molecule has 0 atom stereocenters. The smallest absolute Gasteiger partial charge is 0.412 e. The number of hydrogen-bond donors (Lipinski definition) is 2. The maximum absolute atomic E-state index is 11.8. The Bertz CT molecular complexity index is 1500. The summed E-state index contributed by atoms with van der Waals surface area (Å²) in [4.78, 5) is 33.0. The van der Waals surface area contributed by atoms with Gasteiger partial charge in [0, 0.05) is 24.6 Å². The molecule has 37 heavy (non-hydrogen) atoms. The van der Waals surface area contributed by atoms with Gasteiger partial charge >= 0.3 is 6.09 Å². The van der Waals surface area contributed by atoms with Crippen molar-refractivity contribution in [1.82, 2.24) is 19.9 Å². The molecule has 2 aliphatic heterocycles. The van der Waals surface area contributed by atoms with Crippen LogP contribution in [-0.2, 0) is 28.6 Å². The molecule has 0 saturated carbocycles. The van der Waals surface area contributed by atoms with Crippen molar-refractivity contribution in [3.63, 3.8) is 0 Å². The van der Waals surface area contributed by atoms with E-state index in [2.05, 4.69) is 25.2 Å². The van der Waals surface area contributed by atoms with E-state index in [4.69, 9.17) is 9.72 Å². The standard InChI is InChI=1S/C24H27N7O5S/c1-14-8-17(10-25-19(14)13-37(3,34)35)28-23-27-9-16-4-5-30(12-18(16)29-23)20-11-26-22-21(15(20)2)31(24(32)33)6-7-36-22/h8-11H,4-7,12-13H2,1-3H3,(H,32,33)(H,27,28,29). The zero-order chi connectivity index (χ0) is 26.3. The van der Waals surface area contributed by atoms with Gasteiger partial charge in [-0.15, -0.1) is 0 Å². The van der Waals surface area contributed by atoms with Crippen molar-refractivity contribution in [1.29, 1.82) is 0 Å². The molecule has 194 valence electrons. The summed E-state index contributed by atoms with van der Waals surface area (Å²) in [6.07, 6.45) is 5.97. The summed E-state index contributed by atoms with van der Waals surface area (Å²) in [6.45, 7) is 5.43. The molecule has 0 spiro atoms. The largest absolute Gasteiger partial charge is 0.474 e. The second-order valence-corrected chi connectivity index (χ2v) is 11.4. The lowest BCUT2D eigenvalue weighted by Gasteiger charge is -2.34. The Labute approximate surface area is 214 Å². The highest BCUT2D eigenvalue weighted by atomic mass is 32.2. The number of anilines is 4. The van der Waals surface area contributed by atoms with Gasteiger partial charge in [0.15, 0.2) is 9.84 Å². The molecule has 0 aliphatic carbocycles. The van der Waals surface area contributed by atoms with Crippen molar-refractivity contribution in [3.05, 3.63) is 52.7 Å². The molecule has 1 amide bonds. The predicted molar refractivity (Wildman–Crippen MR) is 137 cm³/mol. The number of rotatable bonds is 5. The average Bonchev–Trinajstić information content (AvgIpc) is 2.84. The first-order valence-electron chi connectivity index (χ1n) is 11.7. The van der Waals surface area contributed by atoms with Gasteiger partial charge in [0.25, 0.3) is 0 Å². The Morgan fingerprint density at radius 2 is 1.97 bits per heavy atom. The number of fused-ring (bicyclic) bond motifs is 2. The number of amides is 1. The zero-order valence-corrected chi connectivity index (χ0v) is 21.5. The van der Waals surface area contributed by atoms with Crippen LogP contribution >= 0.6 is 0 Å². The first-order chi connectivity index (χ1) is 17.6. The van der Waals surface area contributed by atoms with Crippen molar-refractivity contribution in [2.45, 2.75) is 32.6 Å². The molecular weight excluding hydrogens is 498 g/mol. The van der Waals surface area contributed by atoms with E-state index in [9.17, 15) is 18.3 Å². The number of sulfone groups is 1. The number of ether oxygens (including phenoxy) is 1. The van der Waals surface area contributed by atoms with Crippen molar-refractivity contribution in [3.8, 4) is 5.88 Å². The summed E-state index contributed by atoms with van der Waals surface area (Å²) < 4.78 is 28.8. The van der Waals surface area contributed by atoms with Crippen molar-refractivity contribution in [2.24, 2.45) is 0 Å². The van der Waals surface area contributed by atoms with E-state index in [0.717, 1.165) is 34.5 Å². The number of carbonyl (C=O) groups is 1. The molecule has 0 radical (unpaired) electrons. The number of aromatic nitrogens is 4. The second-order valence-electron chi connectivity index (χ2n) is 9.22. The quantitative estimate of drug-likeness (QED) is 0.506. The van der Waals surface area contributed by atoms with Gasteiger partial charge in [-0.1, -0.05) is 0 Å². The summed E-state index contributed by atoms with van der Waals surface area (Å²) in [5.41, 5.74) is 5.92. The number of carboxylic acid groups (broad SMARTS) is 1. The molecule has 5 rings (SSSR count). The van der Waals surface area contributed by atoms with Crippen LogP contribution in [0.2, 0.25) is 0 Å². The molecule has 0 saturated heterocycles. The van der Waals surface area contributed by atoms with Gasteiger partial charge in [-0.2, -0.15) is 0 Å². The molecule has 12 nitrogen and oxygen atoms in total. The Morgan fingerprint density at radius 3 is 2.70 bits per heavy atom. The molecule has 5 heterocycles. The molecule has 3 aromatic rings. The Balaban J connectivity index is 1.37. The van der Waals surface area contributed by atoms with Gasteiger partial charge < -0.3 is 20.1 Å². The lowest BCUT2D eigenvalue weighted by Crippen LogP contribution is -2.38. The highest BCUT2D eigenvalue weighted by Gasteiger charge is 2.30. The fraction of sp³-hybridized carbons (Fsp3) is 0.375. The number of nitrogens with zero attached hydrogens (tertiary/aromatic N) is 6. The highest BCUT2D eigenvalue weighted by Crippen LogP contribution is 2.39. The molecule has 0 bridgehead atoms. The maximum atomic E-state index is 11.8. The van der Waals surface area contributed by atoms with Crippen molar-refractivity contribution < 1.29 is 23.1 Å². The lowest BCUT2D eigenvalue weighted by molar-refractivity contribution is 0.196. The van der Waals surface area contributed by atoms with Gasteiger partial charge in [-0.25, -0.2) is 28.2 Å². The van der Waals surface area contributed by atoms with E-state index in [1.807, 2.05) is 19.9 Å². The fourth-order valence-corrected chi connectivity index (χ4v) is 5.41. The molecule has 0 fully saturated rings. The number of nitrogens with one attached hydrogen (secondary N) is 1. The second kappa shape index (κ2) is 9.47. The van der Waals surface area contributed by atoms with Crippen LogP contribution < -0.4 is 19.9 Å². The average molecular weight is 526 g/mol. The molecule has 3 aromatic heterocycles. The van der Waals surface area contributed by atoms with E-state index in [-0.39, 0.29) is 18.9 Å². The Hall–Kier alpha value is -4.00. The van der Waals surface area contributed by atoms with Crippen LogP contribution in [0.25, 0.3) is 0 Å². The summed E-state index contributed by atoms with van der Waals surface area (Å²) in [6, 6.07) is 1.82. The van der Waals surface area contributed by atoms with Gasteiger partial charge in [0.05, 0.1) is 54.0 Å². The predicted octanol–water partition coefficient (Wildman–Crippen LogP) is 2.61. The Kier molecular flexibility index (Phi) is 6.31. The third-order valence-corrected chi connectivity index (χ3v) is 7.23. The summed E-state index contributed by atoms with van der Waals surface area (Å²) in [5.74, 6) is 0.619. The van der Waals surface area contributed by atoms with Crippen LogP contribution in [0.5, 0.6) is 5.88 Å². The monoisotopic (exact) mass is 525 g/mol. The molecule has 2 aliphatic rings. The summed E-state index contributed by atoms with van der Waals surface area (Å²) in [5, 5.41) is 12.8. The van der Waals surface area contributed by atoms with Gasteiger partial charge in [0.2, 0.25) is 11.8 Å². The number of aryl methyl sites for hydroxylation is 1. The molecule has 0 unspecified atom stereocenters. The SMILES string of the molecule is Cc1cc(Nc2ncc3c(n2)CN(c2cnc4c(c2C)N(C(=O)O)CCO4)CC3)cnc1CS(C)(=O)=O. The summed E-state index contributed by atoms with van der Waals surface area (Å²) in [7, 11) is -3.18. The highest BCUT2D eigenvalue weighted by molar-refractivity contribution is 7.89. The van der Waals surface area contributed by atoms with E-state index >= 15 is 0 Å². The minimum atomic E-state index is -3.18. The first-order valence-corrected chi connectivity index (χ1v) is 13.8. The first kappa shape index (κ1) is 24.7. The van der Waals surface area contributed by atoms with Gasteiger partial charge in [-0.3, -0.25) is 9.88 Å². The Morgan fingerprint density at radius 1 is 1.16 bits per heavy atom.